The first-order valence-electron chi connectivity index (χ1n) is 13.1. The number of unbranched alkanes of at least 4 members (excludes halogenated alkanes) is 2. The third kappa shape index (κ3) is 7.34. The molecular weight excluding hydrogens is 491 g/mol. The zero-order valence-electron chi connectivity index (χ0n) is 21.3. The Balaban J connectivity index is 1.80. The summed E-state index contributed by atoms with van der Waals surface area (Å²) >= 11 is 3.72. The van der Waals surface area contributed by atoms with Gasteiger partial charge in [0, 0.05) is 0 Å². The average Bonchev–Trinajstić information content (AvgIpc) is 3.29. The Kier molecular flexibility index (Phi) is 11.0. The van der Waals surface area contributed by atoms with Crippen molar-refractivity contribution in [2.75, 3.05) is 13.2 Å². The van der Waals surface area contributed by atoms with Crippen LogP contribution in [0.4, 0.5) is 0 Å². The first kappa shape index (κ1) is 26.8. The molecule has 0 fully saturated rings. The second kappa shape index (κ2) is 13.9. The normalized spacial score (nSPS) is 14.2. The Morgan fingerprint density at radius 2 is 1.32 bits per heavy atom. The van der Waals surface area contributed by atoms with Gasteiger partial charge in [-0.15, -0.1) is 0 Å². The van der Waals surface area contributed by atoms with E-state index in [1.165, 1.54) is 38.5 Å². The van der Waals surface area contributed by atoms with Crippen LogP contribution in [0, 0.1) is 11.8 Å². The van der Waals surface area contributed by atoms with Gasteiger partial charge in [0.2, 0.25) is 0 Å². The van der Waals surface area contributed by atoms with Crippen molar-refractivity contribution in [1.29, 1.82) is 0 Å². The highest BCUT2D eigenvalue weighted by atomic mass is 79.9. The Morgan fingerprint density at radius 1 is 0.794 bits per heavy atom. The Bertz CT molecular complexity index is 866. The van der Waals surface area contributed by atoms with Gasteiger partial charge >= 0.3 is 7.12 Å². The highest BCUT2D eigenvalue weighted by Crippen LogP contribution is 2.35. The van der Waals surface area contributed by atoms with E-state index < -0.39 is 7.12 Å². The van der Waals surface area contributed by atoms with Crippen LogP contribution in [0.25, 0.3) is 0 Å². The molecule has 0 bridgehead atoms. The number of ether oxygens (including phenoxy) is 2. The molecule has 186 valence electrons. The molecule has 34 heavy (non-hydrogen) atoms. The second-order valence-electron chi connectivity index (χ2n) is 9.29. The average molecular weight is 531 g/mol. The molecule has 0 amide bonds. The largest absolute Gasteiger partial charge is 0.636 e. The number of hydrogen-bond acceptors (Lipinski definition) is 4. The molecule has 2 atom stereocenters. The van der Waals surface area contributed by atoms with Crippen molar-refractivity contribution in [1.82, 2.24) is 0 Å². The molecule has 0 saturated carbocycles. The van der Waals surface area contributed by atoms with Crippen LogP contribution in [0.2, 0.25) is 0 Å². The van der Waals surface area contributed by atoms with E-state index in [-0.39, 0.29) is 0 Å². The smallest absolute Gasteiger partial charge is 0.519 e. The van der Waals surface area contributed by atoms with Gasteiger partial charge in [0.15, 0.2) is 0 Å². The van der Waals surface area contributed by atoms with Crippen LogP contribution in [0.5, 0.6) is 23.0 Å². The molecule has 0 aliphatic carbocycles. The fourth-order valence-corrected chi connectivity index (χ4v) is 4.65. The maximum absolute atomic E-state index is 6.39. The van der Waals surface area contributed by atoms with E-state index in [4.69, 9.17) is 18.8 Å². The lowest BCUT2D eigenvalue weighted by molar-refractivity contribution is 0.227. The number of benzene rings is 2. The summed E-state index contributed by atoms with van der Waals surface area (Å²) in [6, 6.07) is 11.8. The SMILES string of the molecule is CCCCC(CC)COc1cc(B2Oc3ccccc3O2)c(OCC(CC)CCCC)cc1Br. The molecule has 2 aromatic carbocycles. The quantitative estimate of drug-likeness (QED) is 0.220. The van der Waals surface area contributed by atoms with Gasteiger partial charge in [0.05, 0.1) is 23.1 Å². The van der Waals surface area contributed by atoms with Gasteiger partial charge in [0.1, 0.15) is 23.0 Å². The van der Waals surface area contributed by atoms with Crippen molar-refractivity contribution in [3.8, 4) is 23.0 Å². The summed E-state index contributed by atoms with van der Waals surface area (Å²) < 4.78 is 25.9. The van der Waals surface area contributed by atoms with E-state index in [1.54, 1.807) is 0 Å². The minimum atomic E-state index is -0.555. The van der Waals surface area contributed by atoms with Crippen molar-refractivity contribution in [2.24, 2.45) is 11.8 Å². The van der Waals surface area contributed by atoms with Crippen LogP contribution in [-0.4, -0.2) is 20.3 Å². The molecule has 0 spiro atoms. The molecule has 0 aromatic heterocycles. The zero-order valence-corrected chi connectivity index (χ0v) is 22.9. The van der Waals surface area contributed by atoms with Crippen LogP contribution in [-0.2, 0) is 0 Å². The molecule has 1 aliphatic heterocycles. The zero-order chi connectivity index (χ0) is 24.3. The third-order valence-electron chi connectivity index (χ3n) is 6.67. The summed E-state index contributed by atoms with van der Waals surface area (Å²) in [5.74, 6) is 4.18. The van der Waals surface area contributed by atoms with E-state index >= 15 is 0 Å². The molecule has 4 nitrogen and oxygen atoms in total. The fourth-order valence-electron chi connectivity index (χ4n) is 4.21. The monoisotopic (exact) mass is 530 g/mol. The predicted molar refractivity (Wildman–Crippen MR) is 145 cm³/mol. The summed E-state index contributed by atoms with van der Waals surface area (Å²) in [6.45, 7) is 10.3. The van der Waals surface area contributed by atoms with Crippen molar-refractivity contribution < 1.29 is 18.8 Å². The van der Waals surface area contributed by atoms with Gasteiger partial charge in [-0.2, -0.15) is 0 Å². The lowest BCUT2D eigenvalue weighted by Crippen LogP contribution is -2.40. The van der Waals surface area contributed by atoms with E-state index in [0.717, 1.165) is 45.8 Å². The maximum atomic E-state index is 6.39. The summed E-state index contributed by atoms with van der Waals surface area (Å²) in [6.07, 6.45) is 9.48. The van der Waals surface area contributed by atoms with Gasteiger partial charge in [-0.1, -0.05) is 78.4 Å². The van der Waals surface area contributed by atoms with E-state index in [1.807, 2.05) is 36.4 Å². The molecule has 2 aromatic rings. The molecule has 2 unspecified atom stereocenters. The van der Waals surface area contributed by atoms with Crippen molar-refractivity contribution in [2.45, 2.75) is 79.1 Å². The minimum absolute atomic E-state index is 0.536. The molecule has 1 aliphatic rings. The first-order chi connectivity index (χ1) is 16.6. The molecule has 0 saturated heterocycles. The number of fused-ring (bicyclic) bond motifs is 1. The Labute approximate surface area is 215 Å². The summed E-state index contributed by atoms with van der Waals surface area (Å²) in [7, 11) is -0.555. The molecule has 0 N–H and O–H groups in total. The minimum Gasteiger partial charge on any atom is -0.519 e. The highest BCUT2D eigenvalue weighted by Gasteiger charge is 2.37. The van der Waals surface area contributed by atoms with Gasteiger partial charge in [0.25, 0.3) is 0 Å². The standard InChI is InChI=1S/C28H40BBrO4/c1-5-9-13-21(7-3)19-31-27-18-24(30)28(32-20-22(8-4)14-10-6-2)17-23(27)29-33-25-15-11-12-16-26(25)34-29/h11-12,15-18,21-22H,5-10,13-14,19-20H2,1-4H3. The predicted octanol–water partition coefficient (Wildman–Crippen LogP) is 7.81. The van der Waals surface area contributed by atoms with Crippen molar-refractivity contribution in [3.63, 3.8) is 0 Å². The maximum Gasteiger partial charge on any atom is 0.636 e. The van der Waals surface area contributed by atoms with Crippen LogP contribution in [0.15, 0.2) is 40.9 Å². The lowest BCUT2D eigenvalue weighted by atomic mass is 9.78. The van der Waals surface area contributed by atoms with Crippen LogP contribution >= 0.6 is 15.9 Å². The van der Waals surface area contributed by atoms with Gasteiger partial charge in [-0.25, -0.2) is 0 Å². The van der Waals surface area contributed by atoms with E-state index in [9.17, 15) is 0 Å². The van der Waals surface area contributed by atoms with Crippen LogP contribution in [0.3, 0.4) is 0 Å². The summed E-state index contributed by atoms with van der Waals surface area (Å²) in [5, 5.41) is 0. The van der Waals surface area contributed by atoms with Crippen LogP contribution in [0.1, 0.15) is 79.1 Å². The van der Waals surface area contributed by atoms with Gasteiger partial charge in [-0.3, -0.25) is 0 Å². The summed E-state index contributed by atoms with van der Waals surface area (Å²) in [5.41, 5.74) is 0.862. The Morgan fingerprint density at radius 3 is 1.82 bits per heavy atom. The number of rotatable bonds is 15. The molecule has 0 radical (unpaired) electrons. The fraction of sp³-hybridized carbons (Fsp3) is 0.571. The molecule has 6 heteroatoms. The summed E-state index contributed by atoms with van der Waals surface area (Å²) in [4.78, 5) is 0. The molecule has 3 rings (SSSR count). The van der Waals surface area contributed by atoms with Gasteiger partial charge < -0.3 is 18.8 Å². The number of halogens is 1. The Hall–Kier alpha value is -1.82. The second-order valence-corrected chi connectivity index (χ2v) is 10.1. The van der Waals surface area contributed by atoms with E-state index in [0.29, 0.717) is 25.0 Å². The molecular formula is C28H40BBrO4. The lowest BCUT2D eigenvalue weighted by Gasteiger charge is -2.21. The number of hydrogen-bond donors (Lipinski definition) is 0. The third-order valence-corrected chi connectivity index (χ3v) is 7.29. The molecule has 1 heterocycles. The first-order valence-corrected chi connectivity index (χ1v) is 13.9. The van der Waals surface area contributed by atoms with Crippen molar-refractivity contribution >= 4 is 28.5 Å². The van der Waals surface area contributed by atoms with Crippen molar-refractivity contribution in [3.05, 3.63) is 40.9 Å². The highest BCUT2D eigenvalue weighted by molar-refractivity contribution is 9.10. The van der Waals surface area contributed by atoms with Gasteiger partial charge in [-0.05, 0) is 64.9 Å². The number of para-hydroxylation sites is 2. The van der Waals surface area contributed by atoms with E-state index in [2.05, 4.69) is 43.6 Å². The topological polar surface area (TPSA) is 36.9 Å². The van der Waals surface area contributed by atoms with Crippen LogP contribution < -0.4 is 24.2 Å².